The Kier molecular flexibility index (Phi) is 5.72. The smallest absolute Gasteiger partial charge is 0.348 e. The van der Waals surface area contributed by atoms with Gasteiger partial charge in [-0.25, -0.2) is 4.79 Å². The van der Waals surface area contributed by atoms with Crippen LogP contribution >= 0.6 is 0 Å². The quantitative estimate of drug-likeness (QED) is 0.769. The van der Waals surface area contributed by atoms with Gasteiger partial charge in [-0.05, 0) is 11.1 Å². The van der Waals surface area contributed by atoms with E-state index in [4.69, 9.17) is 9.47 Å². The van der Waals surface area contributed by atoms with Crippen molar-refractivity contribution in [1.82, 2.24) is 0 Å². The van der Waals surface area contributed by atoms with Crippen molar-refractivity contribution in [2.75, 3.05) is 0 Å². The molecule has 0 N–H and O–H groups in total. The second-order valence-corrected chi connectivity index (χ2v) is 4.88. The number of ether oxygens (including phenoxy) is 2. The second kappa shape index (κ2) is 7.98. The third-order valence-electron chi connectivity index (χ3n) is 3.06. The molecule has 2 rings (SSSR count). The lowest BCUT2D eigenvalue weighted by atomic mass is 10.1. The summed E-state index contributed by atoms with van der Waals surface area (Å²) >= 11 is 0. The molecular formula is C18H18O4. The van der Waals surface area contributed by atoms with Crippen LogP contribution in [-0.2, 0) is 32.1 Å². The summed E-state index contributed by atoms with van der Waals surface area (Å²) in [6.45, 7) is 1.44. The lowest BCUT2D eigenvalue weighted by Crippen LogP contribution is -2.30. The molecule has 4 nitrogen and oxygen atoms in total. The minimum Gasteiger partial charge on any atom is -0.458 e. The molecule has 2 aromatic carbocycles. The molecule has 0 saturated heterocycles. The lowest BCUT2D eigenvalue weighted by molar-refractivity contribution is -0.167. The maximum Gasteiger partial charge on any atom is 0.348 e. The third kappa shape index (κ3) is 5.05. The first-order valence-corrected chi connectivity index (χ1v) is 7.07. The molecule has 0 saturated carbocycles. The van der Waals surface area contributed by atoms with Crippen LogP contribution in [-0.4, -0.2) is 18.0 Å². The maximum atomic E-state index is 12.2. The molecule has 22 heavy (non-hydrogen) atoms. The highest BCUT2D eigenvalue weighted by Gasteiger charge is 2.23. The van der Waals surface area contributed by atoms with Crippen molar-refractivity contribution in [3.8, 4) is 0 Å². The van der Waals surface area contributed by atoms with Crippen molar-refractivity contribution in [2.24, 2.45) is 0 Å². The summed E-state index contributed by atoms with van der Waals surface area (Å²) in [5, 5.41) is 0. The molecule has 0 aliphatic heterocycles. The minimum atomic E-state index is -0.927. The van der Waals surface area contributed by atoms with Crippen molar-refractivity contribution in [3.05, 3.63) is 71.8 Å². The van der Waals surface area contributed by atoms with Crippen LogP contribution in [0.25, 0.3) is 0 Å². The summed E-state index contributed by atoms with van der Waals surface area (Å²) in [6.07, 6.45) is -0.628. The molecule has 0 aliphatic rings. The molecule has 1 atom stereocenters. The second-order valence-electron chi connectivity index (χ2n) is 4.88. The van der Waals surface area contributed by atoms with Gasteiger partial charge in [-0.15, -0.1) is 0 Å². The first kappa shape index (κ1) is 15.8. The van der Waals surface area contributed by atoms with Crippen molar-refractivity contribution in [1.29, 1.82) is 0 Å². The van der Waals surface area contributed by atoms with Crippen molar-refractivity contribution >= 4 is 11.9 Å². The minimum absolute atomic E-state index is 0.159. The van der Waals surface area contributed by atoms with E-state index in [1.165, 1.54) is 6.92 Å². The summed E-state index contributed by atoms with van der Waals surface area (Å²) in [6, 6.07) is 18.7. The number of carbonyl (C=O) groups excluding carboxylic acids is 2. The van der Waals surface area contributed by atoms with Crippen LogP contribution in [0.2, 0.25) is 0 Å². The fourth-order valence-corrected chi connectivity index (χ4v) is 2.02. The summed E-state index contributed by atoms with van der Waals surface area (Å²) in [4.78, 5) is 23.4. The zero-order valence-corrected chi connectivity index (χ0v) is 12.4. The summed E-state index contributed by atoms with van der Waals surface area (Å²) in [7, 11) is 0. The van der Waals surface area contributed by atoms with Crippen molar-refractivity contribution in [2.45, 2.75) is 26.1 Å². The maximum absolute atomic E-state index is 12.2. The monoisotopic (exact) mass is 298 g/mol. The largest absolute Gasteiger partial charge is 0.458 e. The van der Waals surface area contributed by atoms with Crippen LogP contribution in [0.1, 0.15) is 18.1 Å². The van der Waals surface area contributed by atoms with Crippen LogP contribution in [0.15, 0.2) is 60.7 Å². The molecule has 0 spiro atoms. The van der Waals surface area contributed by atoms with Gasteiger partial charge in [0.2, 0.25) is 6.10 Å². The van der Waals surface area contributed by atoms with Crippen LogP contribution in [0.4, 0.5) is 0 Å². The highest BCUT2D eigenvalue weighted by atomic mass is 16.6. The predicted octanol–water partition coefficient (Wildman–Crippen LogP) is 2.90. The van der Waals surface area contributed by atoms with Gasteiger partial charge in [0.15, 0.2) is 0 Å². The van der Waals surface area contributed by atoms with E-state index in [0.717, 1.165) is 11.1 Å². The van der Waals surface area contributed by atoms with Crippen molar-refractivity contribution < 1.29 is 19.1 Å². The topological polar surface area (TPSA) is 52.6 Å². The number of carbonyl (C=O) groups is 2. The molecule has 4 heteroatoms. The Bertz CT molecular complexity index is 607. The van der Waals surface area contributed by atoms with Gasteiger partial charge in [-0.1, -0.05) is 60.7 Å². The van der Waals surface area contributed by atoms with E-state index in [-0.39, 0.29) is 6.61 Å². The molecule has 0 fully saturated rings. The molecule has 2 aromatic rings. The average molecular weight is 298 g/mol. The molecule has 0 unspecified atom stereocenters. The van der Waals surface area contributed by atoms with E-state index >= 15 is 0 Å². The molecular weight excluding hydrogens is 280 g/mol. The Balaban J connectivity index is 1.98. The van der Waals surface area contributed by atoms with Gasteiger partial charge in [0.25, 0.3) is 0 Å². The van der Waals surface area contributed by atoms with Crippen molar-refractivity contribution in [3.63, 3.8) is 0 Å². The molecule has 0 aliphatic carbocycles. The summed E-state index contributed by atoms with van der Waals surface area (Å²) in [5.41, 5.74) is 1.79. The number of benzene rings is 2. The van der Waals surface area contributed by atoms with Gasteiger partial charge in [-0.3, -0.25) is 4.79 Å². The molecule has 0 heterocycles. The van der Waals surface area contributed by atoms with Gasteiger partial charge >= 0.3 is 11.9 Å². The Hall–Kier alpha value is -2.62. The van der Waals surface area contributed by atoms with Crippen LogP contribution in [0.3, 0.4) is 0 Å². The Labute approximate surface area is 129 Å². The average Bonchev–Trinajstić information content (AvgIpc) is 2.53. The Morgan fingerprint density at radius 3 is 2.00 bits per heavy atom. The first-order chi connectivity index (χ1) is 10.6. The van der Waals surface area contributed by atoms with E-state index < -0.39 is 18.0 Å². The zero-order chi connectivity index (χ0) is 15.8. The summed E-state index contributed by atoms with van der Waals surface area (Å²) in [5.74, 6) is -1.04. The molecule has 0 amide bonds. The first-order valence-electron chi connectivity index (χ1n) is 7.07. The van der Waals surface area contributed by atoms with Crippen LogP contribution < -0.4 is 0 Å². The highest BCUT2D eigenvalue weighted by Crippen LogP contribution is 2.10. The zero-order valence-electron chi connectivity index (χ0n) is 12.4. The van der Waals surface area contributed by atoms with Gasteiger partial charge in [0.05, 0.1) is 0 Å². The fourth-order valence-electron chi connectivity index (χ4n) is 2.02. The number of rotatable bonds is 6. The van der Waals surface area contributed by atoms with Crippen LogP contribution in [0.5, 0.6) is 0 Å². The SMILES string of the molecule is CC(=O)O[C@@H](Cc1ccccc1)C(=O)OCc1ccccc1. The number of hydrogen-bond acceptors (Lipinski definition) is 4. The third-order valence-corrected chi connectivity index (χ3v) is 3.06. The summed E-state index contributed by atoms with van der Waals surface area (Å²) < 4.78 is 10.3. The van der Waals surface area contributed by atoms with E-state index in [1.807, 2.05) is 60.7 Å². The van der Waals surface area contributed by atoms with Gasteiger partial charge in [-0.2, -0.15) is 0 Å². The van der Waals surface area contributed by atoms with E-state index in [0.29, 0.717) is 6.42 Å². The highest BCUT2D eigenvalue weighted by molar-refractivity contribution is 5.78. The van der Waals surface area contributed by atoms with Gasteiger partial charge in [0.1, 0.15) is 6.61 Å². The molecule has 0 radical (unpaired) electrons. The Morgan fingerprint density at radius 1 is 0.909 bits per heavy atom. The molecule has 0 aromatic heterocycles. The van der Waals surface area contributed by atoms with Gasteiger partial charge in [0, 0.05) is 13.3 Å². The lowest BCUT2D eigenvalue weighted by Gasteiger charge is -2.16. The molecule has 0 bridgehead atoms. The molecule has 114 valence electrons. The van der Waals surface area contributed by atoms with Gasteiger partial charge < -0.3 is 9.47 Å². The normalized spacial score (nSPS) is 11.5. The fraction of sp³-hybridized carbons (Fsp3) is 0.222. The standard InChI is InChI=1S/C18H18O4/c1-14(19)22-17(12-15-8-4-2-5-9-15)18(20)21-13-16-10-6-3-7-11-16/h2-11,17H,12-13H2,1H3/t17-/m0/s1. The number of esters is 2. The predicted molar refractivity (Wildman–Crippen MR) is 81.9 cm³/mol. The van der Waals surface area contributed by atoms with Crippen LogP contribution in [0, 0.1) is 0 Å². The number of hydrogen-bond donors (Lipinski definition) is 0. The Morgan fingerprint density at radius 2 is 1.45 bits per heavy atom. The van der Waals surface area contributed by atoms with E-state index in [1.54, 1.807) is 0 Å². The van der Waals surface area contributed by atoms with E-state index in [2.05, 4.69) is 0 Å². The van der Waals surface area contributed by atoms with E-state index in [9.17, 15) is 9.59 Å².